The van der Waals surface area contributed by atoms with Crippen LogP contribution in [0.25, 0.3) is 0 Å². The number of carbonyl (C=O) groups is 1. The average molecular weight is 324 g/mol. The van der Waals surface area contributed by atoms with E-state index in [2.05, 4.69) is 15.1 Å². The van der Waals surface area contributed by atoms with Gasteiger partial charge in [-0.15, -0.1) is 24.8 Å². The minimum Gasteiger partial charge on any atom is -0.342 e. The zero-order valence-electron chi connectivity index (χ0n) is 12.1. The highest BCUT2D eigenvalue weighted by molar-refractivity contribution is 5.85. The molecule has 3 saturated heterocycles. The molecule has 3 rings (SSSR count). The van der Waals surface area contributed by atoms with Crippen LogP contribution in [-0.2, 0) is 4.79 Å². The molecule has 1 amide bonds. The quantitative estimate of drug-likeness (QED) is 0.852. The Labute approximate surface area is 134 Å². The van der Waals surface area contributed by atoms with E-state index in [0.717, 1.165) is 32.1 Å². The molecule has 3 aliphatic rings. The Balaban J connectivity index is 0.000001000. The van der Waals surface area contributed by atoms with E-state index < -0.39 is 0 Å². The van der Waals surface area contributed by atoms with E-state index in [1.54, 1.807) is 0 Å². The van der Waals surface area contributed by atoms with Crippen molar-refractivity contribution in [2.75, 3.05) is 45.8 Å². The Kier molecular flexibility index (Phi) is 7.59. The zero-order valence-corrected chi connectivity index (χ0v) is 13.7. The first-order valence-corrected chi connectivity index (χ1v) is 7.55. The maximum atomic E-state index is 12.1. The van der Waals surface area contributed by atoms with Crippen LogP contribution in [0.2, 0.25) is 0 Å². The number of piperidine rings is 1. The lowest BCUT2D eigenvalue weighted by Crippen LogP contribution is -2.53. The summed E-state index contributed by atoms with van der Waals surface area (Å²) >= 11 is 0. The van der Waals surface area contributed by atoms with E-state index in [4.69, 9.17) is 0 Å². The summed E-state index contributed by atoms with van der Waals surface area (Å²) in [6.45, 7) is 7.65. The van der Waals surface area contributed by atoms with Crippen molar-refractivity contribution in [1.29, 1.82) is 0 Å². The highest BCUT2D eigenvalue weighted by atomic mass is 35.5. The van der Waals surface area contributed by atoms with Gasteiger partial charge in [0.15, 0.2) is 0 Å². The molecule has 1 N–H and O–H groups in total. The number of halogens is 2. The fourth-order valence-electron chi connectivity index (χ4n) is 3.39. The highest BCUT2D eigenvalue weighted by Gasteiger charge is 2.31. The monoisotopic (exact) mass is 323 g/mol. The summed E-state index contributed by atoms with van der Waals surface area (Å²) in [6.07, 6.45) is 5.18. The molecule has 118 valence electrons. The molecule has 0 aromatic heterocycles. The van der Waals surface area contributed by atoms with Crippen molar-refractivity contribution in [3.05, 3.63) is 0 Å². The number of likely N-dealkylation sites (tertiary alicyclic amines) is 2. The third-order valence-electron chi connectivity index (χ3n) is 4.77. The molecule has 4 nitrogen and oxygen atoms in total. The van der Waals surface area contributed by atoms with Crippen molar-refractivity contribution in [3.8, 4) is 0 Å². The first-order chi connectivity index (χ1) is 8.83. The maximum Gasteiger partial charge on any atom is 0.228 e. The molecule has 3 fully saturated rings. The van der Waals surface area contributed by atoms with Gasteiger partial charge < -0.3 is 15.1 Å². The van der Waals surface area contributed by atoms with Gasteiger partial charge in [-0.25, -0.2) is 0 Å². The van der Waals surface area contributed by atoms with Gasteiger partial charge in [0.25, 0.3) is 0 Å². The lowest BCUT2D eigenvalue weighted by atomic mass is 9.94. The lowest BCUT2D eigenvalue weighted by molar-refractivity contribution is -0.138. The molecular weight excluding hydrogens is 297 g/mol. The van der Waals surface area contributed by atoms with Crippen LogP contribution in [0.1, 0.15) is 25.7 Å². The molecule has 0 bridgehead atoms. The summed E-state index contributed by atoms with van der Waals surface area (Å²) in [4.78, 5) is 16.8. The van der Waals surface area contributed by atoms with Gasteiger partial charge in [-0.05, 0) is 44.7 Å². The average Bonchev–Trinajstić information content (AvgIpc) is 2.80. The number of nitrogens with zero attached hydrogens (tertiary/aromatic N) is 2. The van der Waals surface area contributed by atoms with Crippen molar-refractivity contribution in [1.82, 2.24) is 15.1 Å². The van der Waals surface area contributed by atoms with Crippen molar-refractivity contribution in [2.45, 2.75) is 25.7 Å². The molecule has 3 heterocycles. The normalized spacial score (nSPS) is 24.7. The molecule has 0 aromatic rings. The minimum absolute atomic E-state index is 0. The molecule has 0 spiro atoms. The number of amides is 1. The predicted octanol–water partition coefficient (Wildman–Crippen LogP) is 1.38. The fraction of sp³-hybridized carbons (Fsp3) is 0.929. The smallest absolute Gasteiger partial charge is 0.228 e. The van der Waals surface area contributed by atoms with Crippen LogP contribution in [-0.4, -0.2) is 61.5 Å². The van der Waals surface area contributed by atoms with Crippen LogP contribution in [0.15, 0.2) is 0 Å². The first-order valence-electron chi connectivity index (χ1n) is 7.55. The van der Waals surface area contributed by atoms with Gasteiger partial charge >= 0.3 is 0 Å². The van der Waals surface area contributed by atoms with E-state index in [-0.39, 0.29) is 30.7 Å². The van der Waals surface area contributed by atoms with E-state index in [9.17, 15) is 4.79 Å². The summed E-state index contributed by atoms with van der Waals surface area (Å²) < 4.78 is 0. The van der Waals surface area contributed by atoms with Gasteiger partial charge in [0.05, 0.1) is 5.92 Å². The predicted molar refractivity (Wildman–Crippen MR) is 85.8 cm³/mol. The SMILES string of the molecule is Cl.Cl.O=C(C1CNC1)N1CCC(CN2CCCC2)CC1. The van der Waals surface area contributed by atoms with Crippen LogP contribution >= 0.6 is 24.8 Å². The standard InChI is InChI=1S/C14H25N3O.2ClH/c18-14(13-9-15-10-13)17-7-3-12(4-8-17)11-16-5-1-2-6-16;;/h12-13,15H,1-11H2;2*1H. The molecule has 20 heavy (non-hydrogen) atoms. The second-order valence-corrected chi connectivity index (χ2v) is 6.13. The molecule has 0 radical (unpaired) electrons. The molecule has 0 atom stereocenters. The van der Waals surface area contributed by atoms with E-state index in [1.165, 1.54) is 45.3 Å². The number of hydrogen-bond acceptors (Lipinski definition) is 3. The second kappa shape index (κ2) is 8.42. The Morgan fingerprint density at radius 2 is 1.60 bits per heavy atom. The molecular formula is C14H27Cl2N3O. The van der Waals surface area contributed by atoms with Crippen LogP contribution in [0, 0.1) is 11.8 Å². The zero-order chi connectivity index (χ0) is 12.4. The van der Waals surface area contributed by atoms with Crippen LogP contribution in [0.5, 0.6) is 0 Å². The summed E-state index contributed by atoms with van der Waals surface area (Å²) in [6, 6.07) is 0. The lowest BCUT2D eigenvalue weighted by Gasteiger charge is -2.37. The van der Waals surface area contributed by atoms with Crippen molar-refractivity contribution in [2.24, 2.45) is 11.8 Å². The van der Waals surface area contributed by atoms with Gasteiger partial charge in [-0.1, -0.05) is 0 Å². The number of hydrogen-bond donors (Lipinski definition) is 1. The Morgan fingerprint density at radius 1 is 1.00 bits per heavy atom. The van der Waals surface area contributed by atoms with Crippen molar-refractivity contribution >= 4 is 30.7 Å². The van der Waals surface area contributed by atoms with Gasteiger partial charge in [-0.3, -0.25) is 4.79 Å². The number of rotatable bonds is 3. The summed E-state index contributed by atoms with van der Waals surface area (Å²) in [5.41, 5.74) is 0. The van der Waals surface area contributed by atoms with Gasteiger partial charge in [-0.2, -0.15) is 0 Å². The fourth-order valence-corrected chi connectivity index (χ4v) is 3.39. The van der Waals surface area contributed by atoms with E-state index in [1.807, 2.05) is 0 Å². The number of carbonyl (C=O) groups excluding carboxylic acids is 1. The second-order valence-electron chi connectivity index (χ2n) is 6.13. The Hall–Kier alpha value is -0.0300. The third-order valence-corrected chi connectivity index (χ3v) is 4.77. The highest BCUT2D eigenvalue weighted by Crippen LogP contribution is 2.22. The largest absolute Gasteiger partial charge is 0.342 e. The molecule has 3 aliphatic heterocycles. The third kappa shape index (κ3) is 4.23. The van der Waals surface area contributed by atoms with Crippen LogP contribution in [0.4, 0.5) is 0 Å². The summed E-state index contributed by atoms with van der Waals surface area (Å²) in [7, 11) is 0. The molecule has 0 aliphatic carbocycles. The molecule has 6 heteroatoms. The topological polar surface area (TPSA) is 35.6 Å². The molecule has 0 unspecified atom stereocenters. The van der Waals surface area contributed by atoms with Gasteiger partial charge in [0, 0.05) is 32.7 Å². The first kappa shape index (κ1) is 18.0. The van der Waals surface area contributed by atoms with Crippen LogP contribution in [0.3, 0.4) is 0 Å². The summed E-state index contributed by atoms with van der Waals surface area (Å²) in [5, 5.41) is 3.18. The van der Waals surface area contributed by atoms with E-state index >= 15 is 0 Å². The number of nitrogens with one attached hydrogen (secondary N) is 1. The van der Waals surface area contributed by atoms with Crippen molar-refractivity contribution in [3.63, 3.8) is 0 Å². The maximum absolute atomic E-state index is 12.1. The van der Waals surface area contributed by atoms with E-state index in [0.29, 0.717) is 5.91 Å². The molecule has 0 saturated carbocycles. The summed E-state index contributed by atoms with van der Waals surface area (Å²) in [5.74, 6) is 1.50. The Bertz CT molecular complexity index is 299. The van der Waals surface area contributed by atoms with Crippen LogP contribution < -0.4 is 5.32 Å². The van der Waals surface area contributed by atoms with Gasteiger partial charge in [0.1, 0.15) is 0 Å². The van der Waals surface area contributed by atoms with Gasteiger partial charge in [0.2, 0.25) is 5.91 Å². The Morgan fingerprint density at radius 3 is 2.10 bits per heavy atom. The molecule has 0 aromatic carbocycles. The minimum atomic E-state index is 0. The van der Waals surface area contributed by atoms with Crippen molar-refractivity contribution < 1.29 is 4.79 Å².